The van der Waals surface area contributed by atoms with Crippen molar-refractivity contribution in [2.24, 2.45) is 0 Å². The van der Waals surface area contributed by atoms with Crippen LogP contribution in [0.25, 0.3) is 0 Å². The van der Waals surface area contributed by atoms with Gasteiger partial charge in [0, 0.05) is 8.07 Å². The monoisotopic (exact) mass is 352 g/mol. The molecule has 1 rings (SSSR count). The Morgan fingerprint density at radius 2 is 1.47 bits per heavy atom. The molecule has 17 heavy (non-hydrogen) atoms. The third kappa shape index (κ3) is 22.9. The van der Waals surface area contributed by atoms with Crippen LogP contribution < -0.4 is 0 Å². The van der Waals surface area contributed by atoms with Gasteiger partial charge in [-0.15, -0.1) is 43.6 Å². The molecule has 0 atom stereocenters. The van der Waals surface area contributed by atoms with Gasteiger partial charge in [-0.3, -0.25) is 6.08 Å². The van der Waals surface area contributed by atoms with Crippen molar-refractivity contribution in [3.8, 4) is 0 Å². The van der Waals surface area contributed by atoms with E-state index in [2.05, 4.69) is 37.9 Å². The molecule has 0 aromatic heterocycles. The third-order valence-corrected chi connectivity index (χ3v) is 3.04. The summed E-state index contributed by atoms with van der Waals surface area (Å²) in [6.45, 7) is 7.23. The van der Waals surface area contributed by atoms with Crippen molar-refractivity contribution in [3.63, 3.8) is 0 Å². The fourth-order valence-electron chi connectivity index (χ4n) is 1.23. The van der Waals surface area contributed by atoms with Crippen molar-refractivity contribution in [2.45, 2.75) is 32.1 Å². The zero-order chi connectivity index (χ0) is 7.61. The molecule has 0 heterocycles. The summed E-state index contributed by atoms with van der Waals surface area (Å²) in [7, 11) is -0.851. The zero-order valence-electron chi connectivity index (χ0n) is 11.8. The second-order valence-electron chi connectivity index (χ2n) is 4.11. The van der Waals surface area contributed by atoms with Crippen LogP contribution in [0.1, 0.15) is 6.42 Å². The maximum absolute atomic E-state index is 3.20. The van der Waals surface area contributed by atoms with Gasteiger partial charge in [0.2, 0.25) is 0 Å². The van der Waals surface area contributed by atoms with E-state index in [0.717, 1.165) is 6.42 Å². The minimum absolute atomic E-state index is 0. The van der Waals surface area contributed by atoms with E-state index in [-0.39, 0.29) is 81.2 Å². The molecule has 0 radical (unpaired) electrons. The van der Waals surface area contributed by atoms with Gasteiger partial charge in [0.15, 0.2) is 0 Å². The summed E-state index contributed by atoms with van der Waals surface area (Å²) in [5.74, 6) is 0. The molecule has 0 saturated heterocycles. The second-order valence-corrected chi connectivity index (χ2v) is 9.58. The summed E-state index contributed by atoms with van der Waals surface area (Å²) < 4.78 is 0. The van der Waals surface area contributed by atoms with Gasteiger partial charge in [-0.05, 0) is 0 Å². The Bertz CT molecular complexity index is 187. The second kappa shape index (κ2) is 19.6. The molecule has 0 nitrogen and oxygen atoms in total. The Hall–Kier alpha value is 1.28. The first-order chi connectivity index (χ1) is 4.58. The Labute approximate surface area is 144 Å². The molecule has 0 fully saturated rings. The Morgan fingerprint density at radius 3 is 1.71 bits per heavy atom. The fraction of sp³-hybridized carbons (Fsp3) is 0.417. The first-order valence-corrected chi connectivity index (χ1v) is 7.53. The van der Waals surface area contributed by atoms with E-state index >= 15 is 0 Å². The summed E-state index contributed by atoms with van der Waals surface area (Å²) in [6.07, 6.45) is 8.56. The number of hydrogen-bond acceptors (Lipinski definition) is 0. The Kier molecular flexibility index (Phi) is 49.5. The molecule has 0 spiro atoms. The maximum Gasteiger partial charge on any atom is 4.00 e. The largest absolute Gasteiger partial charge is 4.00 e. The van der Waals surface area contributed by atoms with Crippen molar-refractivity contribution in [3.05, 3.63) is 46.1 Å². The van der Waals surface area contributed by atoms with Crippen LogP contribution >= 0.6 is 37.2 Å². The Morgan fingerprint density at radius 1 is 1.06 bits per heavy atom. The molecule has 0 aliphatic heterocycles. The maximum atomic E-state index is 3.20. The summed E-state index contributed by atoms with van der Waals surface area (Å²) >= 11 is 0. The number of hydrogen-bond donors (Lipinski definition) is 0. The van der Waals surface area contributed by atoms with Gasteiger partial charge in [-0.2, -0.15) is 5.57 Å². The SMILES string of the molecule is C[Si](C)(C)CC1=CC=[C-]C1.Cl.Cl.Cl.[CH3-].[CH3-].[CH3-].[Ti+4]. The van der Waals surface area contributed by atoms with Gasteiger partial charge in [0.05, 0.1) is 0 Å². The predicted molar refractivity (Wildman–Crippen MR) is 89.7 cm³/mol. The van der Waals surface area contributed by atoms with E-state index < -0.39 is 8.07 Å². The van der Waals surface area contributed by atoms with Crippen LogP contribution in [0.15, 0.2) is 17.7 Å². The normalized spacial score (nSPS) is 10.4. The standard InChI is InChI=1S/C9H15Si.3CH3.3ClH.Ti/c1-10(2,3)8-9-6-4-5-7-9;;;;;;;/h4,6H,7-8H2,1-3H3;3*1H3;3*1H;/q4*-1;;;;+4. The number of halogens is 3. The first-order valence-electron chi connectivity index (χ1n) is 3.82. The van der Waals surface area contributed by atoms with Gasteiger partial charge < -0.3 is 22.3 Å². The van der Waals surface area contributed by atoms with Crippen LogP contribution in [0.5, 0.6) is 0 Å². The van der Waals surface area contributed by atoms with Gasteiger partial charge in [-0.1, -0.05) is 25.7 Å². The van der Waals surface area contributed by atoms with Crippen molar-refractivity contribution in [1.82, 2.24) is 0 Å². The minimum Gasteiger partial charge on any atom is -0.358 e. The molecule has 104 valence electrons. The van der Waals surface area contributed by atoms with Gasteiger partial charge in [-0.25, -0.2) is 12.2 Å². The molecule has 0 saturated carbocycles. The Balaban J connectivity index is -0.0000000286. The van der Waals surface area contributed by atoms with Crippen molar-refractivity contribution in [1.29, 1.82) is 0 Å². The molecule has 0 bridgehead atoms. The fourth-order valence-corrected chi connectivity index (χ4v) is 2.83. The van der Waals surface area contributed by atoms with Crippen LogP contribution in [0.4, 0.5) is 0 Å². The first kappa shape index (κ1) is 42.9. The van der Waals surface area contributed by atoms with Crippen molar-refractivity contribution in [2.75, 3.05) is 0 Å². The molecule has 0 aromatic carbocycles. The molecule has 1 aliphatic rings. The number of rotatable bonds is 2. The van der Waals surface area contributed by atoms with E-state index in [1.807, 2.05) is 0 Å². The van der Waals surface area contributed by atoms with Crippen molar-refractivity contribution < 1.29 is 21.7 Å². The molecule has 0 aromatic rings. The smallest absolute Gasteiger partial charge is 0.358 e. The third-order valence-electron chi connectivity index (χ3n) is 1.52. The van der Waals surface area contributed by atoms with E-state index in [4.69, 9.17) is 0 Å². The van der Waals surface area contributed by atoms with E-state index in [1.165, 1.54) is 6.04 Å². The molecule has 0 N–H and O–H groups in total. The van der Waals surface area contributed by atoms with Crippen LogP contribution in [-0.4, -0.2) is 8.07 Å². The van der Waals surface area contributed by atoms with Crippen LogP contribution in [0.2, 0.25) is 25.7 Å². The van der Waals surface area contributed by atoms with Gasteiger partial charge in [0.25, 0.3) is 0 Å². The summed E-state index contributed by atoms with van der Waals surface area (Å²) in [4.78, 5) is 0. The molecule has 1 aliphatic carbocycles. The topological polar surface area (TPSA) is 0 Å². The average Bonchev–Trinajstić information content (AvgIpc) is 2.12. The number of allylic oxidation sites excluding steroid dienone is 4. The van der Waals surface area contributed by atoms with Gasteiger partial charge >= 0.3 is 21.7 Å². The quantitative estimate of drug-likeness (QED) is 0.446. The van der Waals surface area contributed by atoms with Crippen LogP contribution in [0.3, 0.4) is 0 Å². The molecular formula is C12H27Cl3SiTi. The summed E-state index contributed by atoms with van der Waals surface area (Å²) in [6, 6.07) is 1.34. The van der Waals surface area contributed by atoms with E-state index in [9.17, 15) is 0 Å². The molecule has 5 heteroatoms. The molecular weight excluding hydrogens is 326 g/mol. The van der Waals surface area contributed by atoms with E-state index in [1.54, 1.807) is 5.57 Å². The van der Waals surface area contributed by atoms with Gasteiger partial charge in [0.1, 0.15) is 0 Å². The zero-order valence-corrected chi connectivity index (χ0v) is 16.8. The molecule has 0 amide bonds. The summed E-state index contributed by atoms with van der Waals surface area (Å²) in [5, 5.41) is 0. The van der Waals surface area contributed by atoms with Crippen molar-refractivity contribution >= 4 is 45.3 Å². The summed E-state index contributed by atoms with van der Waals surface area (Å²) in [5.41, 5.74) is 1.58. The molecule has 0 unspecified atom stereocenters. The van der Waals surface area contributed by atoms with Crippen LogP contribution in [0, 0.1) is 28.4 Å². The van der Waals surface area contributed by atoms with Crippen LogP contribution in [-0.2, 0) is 21.7 Å². The average molecular weight is 354 g/mol. The van der Waals surface area contributed by atoms with E-state index in [0.29, 0.717) is 0 Å². The predicted octanol–water partition coefficient (Wildman–Crippen LogP) is 5.63. The minimum atomic E-state index is -0.851.